The molecule has 10 aliphatic rings. The number of aromatic hydroxyl groups is 1. The summed E-state index contributed by atoms with van der Waals surface area (Å²) in [5, 5.41) is 17.7. The van der Waals surface area contributed by atoms with Crippen LogP contribution in [-0.2, 0) is 18.0 Å². The van der Waals surface area contributed by atoms with Crippen molar-refractivity contribution in [3.05, 3.63) is 242 Å². The smallest absolute Gasteiger partial charge is 1.00 e. The number of aliphatic hydroxyl groups excluding tert-OH is 1. The first-order chi connectivity index (χ1) is 67.0. The summed E-state index contributed by atoms with van der Waals surface area (Å²) < 4.78 is 216. The average molecular weight is 2060 g/mol. The molecular formula is C119H155BrF16MgO4. The molecule has 7 aromatic carbocycles. The van der Waals surface area contributed by atoms with Gasteiger partial charge in [-0.3, -0.25) is 13.6 Å². The minimum atomic E-state index is -1.59. The number of hydrogen-bond acceptors (Lipinski definition) is 4. The van der Waals surface area contributed by atoms with Crippen molar-refractivity contribution in [2.45, 2.75) is 380 Å². The fraction of sp³-hybridized carbons (Fsp3) is 0.622. The largest absolute Gasteiger partial charge is 2.00 e. The SMILES string of the molecule is CCCC1CCC(C2CC=C(c3cc(F)cc(F)c3)CC2)CC1.CCCC1CCC(C2CCC(=O)CC2)CC1.CCCC1CCC(C2CCC(c3cc(F)c(O)c(F)c3)CC2)CC1.CCCC1CCC(C2CCC(c3cc(F)c(OCc4cc(F)c(F)c(F)c4)c(F)c3)CC2)CC1.CCCC1CCC(C2CCC(c3cc(F)cc(F)c3)CC2)CC1.Fc1c[c-]cc(F)c1.OCc1cc(F)c(F)c(F)c1.[Br-].[Mg+2]. The first-order valence-corrected chi connectivity index (χ1v) is 53.6. The molecule has 9 saturated carbocycles. The van der Waals surface area contributed by atoms with Crippen LogP contribution in [0.3, 0.4) is 0 Å². The van der Waals surface area contributed by atoms with Gasteiger partial charge >= 0.3 is 23.1 Å². The van der Waals surface area contributed by atoms with Gasteiger partial charge in [0.25, 0.3) is 0 Å². The zero-order valence-electron chi connectivity index (χ0n) is 84.2. The van der Waals surface area contributed by atoms with Crippen LogP contribution in [0.2, 0.25) is 0 Å². The van der Waals surface area contributed by atoms with E-state index in [4.69, 9.17) is 9.84 Å². The predicted molar refractivity (Wildman–Crippen MR) is 529 cm³/mol. The molecule has 17 rings (SSSR count). The van der Waals surface area contributed by atoms with E-state index in [0.29, 0.717) is 28.7 Å². The van der Waals surface area contributed by atoms with Crippen molar-refractivity contribution in [1.82, 2.24) is 0 Å². The molecule has 0 amide bonds. The first-order valence-electron chi connectivity index (χ1n) is 53.6. The zero-order valence-corrected chi connectivity index (χ0v) is 87.2. The topological polar surface area (TPSA) is 66.8 Å². The van der Waals surface area contributed by atoms with Crippen LogP contribution in [0.5, 0.6) is 11.5 Å². The second-order valence-electron chi connectivity index (χ2n) is 42.9. The number of benzene rings is 7. The third-order valence-corrected chi connectivity index (χ3v) is 33.6. The van der Waals surface area contributed by atoms with Gasteiger partial charge in [0.1, 0.15) is 35.7 Å². The van der Waals surface area contributed by atoms with Gasteiger partial charge < -0.3 is 31.9 Å². The Labute approximate surface area is 857 Å². The molecule has 0 spiro atoms. The second kappa shape index (κ2) is 60.8. The van der Waals surface area contributed by atoms with Crippen LogP contribution in [0.15, 0.2) is 109 Å². The summed E-state index contributed by atoms with van der Waals surface area (Å²) in [6.45, 7) is 10.4. The zero-order chi connectivity index (χ0) is 99.6. The van der Waals surface area contributed by atoms with Crippen LogP contribution in [0.4, 0.5) is 70.2 Å². The molecule has 0 bridgehead atoms. The molecule has 1 atom stereocenters. The Balaban J connectivity index is 0.000000190. The molecular weight excluding hydrogens is 1900 g/mol. The van der Waals surface area contributed by atoms with Crippen molar-refractivity contribution in [3.8, 4) is 11.5 Å². The van der Waals surface area contributed by atoms with E-state index in [1.165, 1.54) is 286 Å². The molecule has 9 fully saturated rings. The van der Waals surface area contributed by atoms with Gasteiger partial charge in [0.2, 0.25) is 0 Å². The molecule has 2 N–H and O–H groups in total. The number of phenols is 1. The number of phenolic OH excluding ortho intramolecular Hbond substituents is 1. The summed E-state index contributed by atoms with van der Waals surface area (Å²) >= 11 is 0. The minimum absolute atomic E-state index is 0. The Bertz CT molecular complexity index is 4730. The Morgan fingerprint density at radius 1 is 0.305 bits per heavy atom. The number of carbonyl (C=O) groups excluding carboxylic acids is 1. The third kappa shape index (κ3) is 37.2. The van der Waals surface area contributed by atoms with E-state index in [2.05, 4.69) is 46.8 Å². The molecule has 776 valence electrons. The molecule has 22 heteroatoms. The number of halogens is 17. The normalized spacial score (nSPS) is 26.3. The summed E-state index contributed by atoms with van der Waals surface area (Å²) in [4.78, 5) is 11.2. The molecule has 0 aliphatic heterocycles. The van der Waals surface area contributed by atoms with Gasteiger partial charge in [0.15, 0.2) is 69.7 Å². The van der Waals surface area contributed by atoms with Crippen LogP contribution >= 0.6 is 0 Å². The standard InChI is InChI=1S/C28H33F5O.C21H30F2O.C21H30F2.C21H28F2.C15H26O.C7H5F3O.C6H3F2.BrH.Mg/c1-2-3-17-4-6-19(7-5-17)20-8-10-21(11-9-20)22-14-25(31)28(26(32)15-22)34-16-18-12-23(29)27(33)24(30)13-18;1-2-3-14-4-6-15(7-5-14)16-8-10-17(11-9-16)18-12-19(22)21(24)20(23)13-18;2*1-2-3-15-4-6-16(7-5-15)17-8-10-18(11-9-17)19-12-20(22)14-21(23)13-19;1-2-3-12-4-6-13(7-5-12)14-8-10-15(16)11-9-14;8-5-1-4(3-11)2-6(9)7(5)10;7-5-2-1-3-6(8)4-5;;/h12-15,17,19-21H,2-11,16H2,1H3;12-17,24H,2-11H2,1H3;12-18H,2-11H2,1H3;10,12-17H,2-9,11H2,1H3;12-14H,2-11H2,1H3;1-2,11H,3H2;2-4H;1H;/q;;;;;;-1;;+2/p-1. The molecule has 4 nitrogen and oxygen atoms in total. The van der Waals surface area contributed by atoms with Crippen LogP contribution in [0.1, 0.15) is 400 Å². The number of ketones is 1. The van der Waals surface area contributed by atoms with Gasteiger partial charge in [-0.15, -0.1) is 18.2 Å². The van der Waals surface area contributed by atoms with Gasteiger partial charge in [0, 0.05) is 36.6 Å². The van der Waals surface area contributed by atoms with Crippen molar-refractivity contribution < 1.29 is 107 Å². The number of aliphatic hydroxyl groups is 1. The first kappa shape index (κ1) is 118. The number of Topliss-reactive ketones (excluding diaryl/α,β-unsaturated/α-hetero) is 1. The fourth-order valence-electron chi connectivity index (χ4n) is 25.8. The van der Waals surface area contributed by atoms with Gasteiger partial charge in [0.05, 0.1) is 6.61 Å². The van der Waals surface area contributed by atoms with Gasteiger partial charge in [-0.2, -0.15) is 6.07 Å². The van der Waals surface area contributed by atoms with E-state index in [0.717, 1.165) is 231 Å². The minimum Gasteiger partial charge on any atom is -1.00 e. The van der Waals surface area contributed by atoms with Crippen molar-refractivity contribution in [2.75, 3.05) is 0 Å². The molecule has 7 aromatic rings. The Hall–Kier alpha value is -6.36. The number of carbonyl (C=O) groups is 1. The number of allylic oxidation sites excluding steroid dienone is 2. The van der Waals surface area contributed by atoms with Crippen molar-refractivity contribution in [3.63, 3.8) is 0 Å². The Morgan fingerprint density at radius 2 is 0.574 bits per heavy atom. The number of hydrogen-bond donors (Lipinski definition) is 2. The maximum atomic E-state index is 14.7. The number of rotatable bonds is 23. The summed E-state index contributed by atoms with van der Waals surface area (Å²) in [5.74, 6) is -1.76. The number of ether oxygens (including phenoxy) is 1. The summed E-state index contributed by atoms with van der Waals surface area (Å²) in [7, 11) is 0. The van der Waals surface area contributed by atoms with Gasteiger partial charge in [-0.1, -0.05) is 169 Å². The second-order valence-corrected chi connectivity index (χ2v) is 42.9. The summed E-state index contributed by atoms with van der Waals surface area (Å²) in [5.41, 5.74) is 4.03. The van der Waals surface area contributed by atoms with Crippen LogP contribution in [0, 0.1) is 188 Å². The monoisotopic (exact) mass is 2060 g/mol. The maximum absolute atomic E-state index is 14.7. The Morgan fingerprint density at radius 3 is 0.865 bits per heavy atom. The van der Waals surface area contributed by atoms with E-state index in [1.807, 2.05) is 0 Å². The Kier molecular flexibility index (Phi) is 51.0. The molecule has 1 unspecified atom stereocenters. The van der Waals surface area contributed by atoms with E-state index >= 15 is 0 Å². The molecule has 0 aromatic heterocycles. The average Bonchev–Trinajstić information content (AvgIpc) is 0.773. The maximum Gasteiger partial charge on any atom is 2.00 e. The molecule has 0 saturated heterocycles. The molecule has 10 aliphatic carbocycles. The predicted octanol–water partition coefficient (Wildman–Crippen LogP) is 33.3. The molecule has 141 heavy (non-hydrogen) atoms. The van der Waals surface area contributed by atoms with Crippen molar-refractivity contribution in [2.24, 2.45) is 88.8 Å². The van der Waals surface area contributed by atoms with E-state index in [-0.39, 0.29) is 63.0 Å². The van der Waals surface area contributed by atoms with Crippen LogP contribution < -0.4 is 21.7 Å². The van der Waals surface area contributed by atoms with Crippen LogP contribution in [-0.4, -0.2) is 39.0 Å². The van der Waals surface area contributed by atoms with Crippen LogP contribution in [0.25, 0.3) is 5.57 Å². The van der Waals surface area contributed by atoms with Gasteiger partial charge in [-0.25, -0.2) is 61.5 Å². The third-order valence-electron chi connectivity index (χ3n) is 33.6. The van der Waals surface area contributed by atoms with Crippen molar-refractivity contribution in [1.29, 1.82) is 0 Å². The molecule has 0 radical (unpaired) electrons. The van der Waals surface area contributed by atoms with E-state index < -0.39 is 118 Å². The van der Waals surface area contributed by atoms with E-state index in [9.17, 15) is 80.1 Å². The summed E-state index contributed by atoms with van der Waals surface area (Å²) in [6.07, 6.45) is 64.2. The van der Waals surface area contributed by atoms with Gasteiger partial charge in [-0.05, 0) is 392 Å². The molecule has 0 heterocycles. The van der Waals surface area contributed by atoms with E-state index in [1.54, 1.807) is 0 Å². The van der Waals surface area contributed by atoms with Crippen molar-refractivity contribution >= 4 is 34.4 Å². The fourth-order valence-corrected chi connectivity index (χ4v) is 25.8. The quantitative estimate of drug-likeness (QED) is 0.0290. The summed E-state index contributed by atoms with van der Waals surface area (Å²) in [6, 6.07) is 21.4.